The Morgan fingerprint density at radius 2 is 1.92 bits per heavy atom. The van der Waals surface area contributed by atoms with Gasteiger partial charge in [-0.15, -0.1) is 0 Å². The number of hydrogen-bond acceptors (Lipinski definition) is 7. The van der Waals surface area contributed by atoms with Gasteiger partial charge in [0.05, 0.1) is 31.6 Å². The number of ether oxygens (including phenoxy) is 2. The van der Waals surface area contributed by atoms with Crippen LogP contribution in [0.25, 0.3) is 11.1 Å². The second-order valence-electron chi connectivity index (χ2n) is 10.8. The monoisotopic (exact) mass is 535 g/mol. The number of aromatic nitrogens is 1. The maximum Gasteiger partial charge on any atom is 0.308 e. The van der Waals surface area contributed by atoms with Crippen LogP contribution in [0, 0.1) is 5.92 Å². The largest absolute Gasteiger partial charge is 0.469 e. The Morgan fingerprint density at radius 3 is 2.74 bits per heavy atom. The number of esters is 1. The number of halogens is 1. The molecular formula is C30H34FN3O5. The highest BCUT2D eigenvalue weighted by Gasteiger charge is 2.38. The number of carbonyl (C=O) groups excluding carboxylic acids is 2. The molecule has 3 aromatic rings. The minimum atomic E-state index is -1.54. The molecule has 0 spiro atoms. The summed E-state index contributed by atoms with van der Waals surface area (Å²) in [6.45, 7) is 1.33. The molecule has 1 saturated carbocycles. The summed E-state index contributed by atoms with van der Waals surface area (Å²) in [5.74, 6) is -0.467. The quantitative estimate of drug-likeness (QED) is 0.389. The predicted molar refractivity (Wildman–Crippen MR) is 143 cm³/mol. The van der Waals surface area contributed by atoms with Gasteiger partial charge < -0.3 is 18.8 Å². The number of methoxy groups -OCH3 is 1. The first-order valence-corrected chi connectivity index (χ1v) is 13.9. The summed E-state index contributed by atoms with van der Waals surface area (Å²) in [6.07, 6.45) is 3.13. The lowest BCUT2D eigenvalue weighted by Gasteiger charge is -2.32. The standard InChI is InChI=1S/C30H34FN3O5/c1-37-29(36)21-9-11-22(12-10-21)38-28(31)25-7-4-15-33(25)27(35)18-19-8-13-23-26(17-19)39-30(32-23)34-16-14-20-5-2-3-6-24(20)34/h2-3,5-6,8,13,17,21-22,25,28H,4,7,9-12,14-16,18H2,1H3/t21-,22-,25-,28?/m0/s1. The number of amides is 1. The summed E-state index contributed by atoms with van der Waals surface area (Å²) in [5, 5.41) is 0. The van der Waals surface area contributed by atoms with Crippen LogP contribution in [-0.4, -0.2) is 60.5 Å². The van der Waals surface area contributed by atoms with Gasteiger partial charge >= 0.3 is 12.0 Å². The fraction of sp³-hybridized carbons (Fsp3) is 0.500. The zero-order chi connectivity index (χ0) is 26.9. The van der Waals surface area contributed by atoms with Crippen molar-refractivity contribution in [2.75, 3.05) is 25.1 Å². The molecule has 1 saturated heterocycles. The molecule has 39 heavy (non-hydrogen) atoms. The number of likely N-dealkylation sites (tertiary alicyclic amines) is 1. The molecule has 2 fully saturated rings. The molecule has 2 aliphatic heterocycles. The molecule has 1 aliphatic carbocycles. The molecule has 6 rings (SSSR count). The molecule has 1 aromatic heterocycles. The van der Waals surface area contributed by atoms with Crippen molar-refractivity contribution in [3.8, 4) is 0 Å². The summed E-state index contributed by atoms with van der Waals surface area (Å²) in [4.78, 5) is 33.4. The van der Waals surface area contributed by atoms with E-state index in [0.29, 0.717) is 50.2 Å². The van der Waals surface area contributed by atoms with Crippen molar-refractivity contribution >= 4 is 34.7 Å². The van der Waals surface area contributed by atoms with Crippen LogP contribution in [-0.2, 0) is 31.9 Å². The van der Waals surface area contributed by atoms with Crippen molar-refractivity contribution < 1.29 is 27.9 Å². The molecule has 1 unspecified atom stereocenters. The van der Waals surface area contributed by atoms with E-state index in [-0.39, 0.29) is 30.3 Å². The van der Waals surface area contributed by atoms with Gasteiger partial charge in [0.15, 0.2) is 5.58 Å². The molecule has 9 heteroatoms. The minimum Gasteiger partial charge on any atom is -0.469 e. The van der Waals surface area contributed by atoms with Crippen molar-refractivity contribution in [1.29, 1.82) is 0 Å². The fourth-order valence-corrected chi connectivity index (χ4v) is 6.25. The molecule has 2 atom stereocenters. The minimum absolute atomic E-state index is 0.120. The highest BCUT2D eigenvalue weighted by atomic mass is 19.1. The molecule has 0 N–H and O–H groups in total. The van der Waals surface area contributed by atoms with Crippen LogP contribution in [0.15, 0.2) is 46.9 Å². The van der Waals surface area contributed by atoms with Crippen LogP contribution in [0.1, 0.15) is 49.7 Å². The van der Waals surface area contributed by atoms with Crippen LogP contribution < -0.4 is 4.90 Å². The Labute approximate surface area is 227 Å². The fourth-order valence-electron chi connectivity index (χ4n) is 6.25. The maximum absolute atomic E-state index is 15.3. The van der Waals surface area contributed by atoms with E-state index in [1.165, 1.54) is 12.7 Å². The van der Waals surface area contributed by atoms with Gasteiger partial charge in [0.25, 0.3) is 0 Å². The summed E-state index contributed by atoms with van der Waals surface area (Å²) in [6, 6.07) is 13.8. The number of oxazole rings is 1. The highest BCUT2D eigenvalue weighted by Crippen LogP contribution is 2.36. The summed E-state index contributed by atoms with van der Waals surface area (Å²) >= 11 is 0. The molecule has 3 aliphatic rings. The second kappa shape index (κ2) is 11.0. The normalized spacial score (nSPS) is 23.7. The molecular weight excluding hydrogens is 501 g/mol. The maximum atomic E-state index is 15.3. The molecule has 206 valence electrons. The van der Waals surface area contributed by atoms with Gasteiger partial charge in [-0.2, -0.15) is 4.98 Å². The van der Waals surface area contributed by atoms with E-state index in [2.05, 4.69) is 22.0 Å². The third-order valence-corrected chi connectivity index (χ3v) is 8.37. The van der Waals surface area contributed by atoms with Crippen molar-refractivity contribution in [3.63, 3.8) is 0 Å². The molecule has 0 radical (unpaired) electrons. The van der Waals surface area contributed by atoms with E-state index in [9.17, 15) is 9.59 Å². The van der Waals surface area contributed by atoms with Gasteiger partial charge in [0.2, 0.25) is 12.3 Å². The third kappa shape index (κ3) is 5.24. The van der Waals surface area contributed by atoms with Gasteiger partial charge in [0.1, 0.15) is 5.52 Å². The van der Waals surface area contributed by atoms with Crippen molar-refractivity contribution in [2.24, 2.45) is 5.92 Å². The Hall–Kier alpha value is -3.46. The molecule has 0 bridgehead atoms. The van der Waals surface area contributed by atoms with Crippen LogP contribution in [0.2, 0.25) is 0 Å². The summed E-state index contributed by atoms with van der Waals surface area (Å²) in [7, 11) is 1.39. The first-order chi connectivity index (χ1) is 19.0. The van der Waals surface area contributed by atoms with E-state index in [1.54, 1.807) is 4.90 Å². The highest BCUT2D eigenvalue weighted by molar-refractivity contribution is 5.82. The first kappa shape index (κ1) is 25.8. The summed E-state index contributed by atoms with van der Waals surface area (Å²) in [5.41, 5.74) is 4.56. The average Bonchev–Trinajstić information content (AvgIpc) is 3.70. The van der Waals surface area contributed by atoms with Gasteiger partial charge in [-0.25, -0.2) is 4.39 Å². The van der Waals surface area contributed by atoms with Crippen LogP contribution >= 0.6 is 0 Å². The number of carbonyl (C=O) groups is 2. The lowest BCUT2D eigenvalue weighted by Crippen LogP contribution is -2.44. The van der Waals surface area contributed by atoms with E-state index in [4.69, 9.17) is 13.9 Å². The van der Waals surface area contributed by atoms with Gasteiger partial charge in [-0.3, -0.25) is 14.5 Å². The Balaban J connectivity index is 1.08. The second-order valence-corrected chi connectivity index (χ2v) is 10.8. The first-order valence-electron chi connectivity index (χ1n) is 13.9. The lowest BCUT2D eigenvalue weighted by atomic mass is 9.87. The number of fused-ring (bicyclic) bond motifs is 2. The molecule has 8 nitrogen and oxygen atoms in total. The Bertz CT molecular complexity index is 1350. The number of rotatable bonds is 7. The number of hydrogen-bond donors (Lipinski definition) is 0. The van der Waals surface area contributed by atoms with Crippen molar-refractivity contribution in [1.82, 2.24) is 9.88 Å². The van der Waals surface area contributed by atoms with E-state index >= 15 is 4.39 Å². The molecule has 2 aromatic carbocycles. The van der Waals surface area contributed by atoms with Gasteiger partial charge in [0, 0.05) is 18.8 Å². The zero-order valence-corrected chi connectivity index (χ0v) is 22.2. The number of alkyl halides is 1. The Morgan fingerprint density at radius 1 is 1.10 bits per heavy atom. The van der Waals surface area contributed by atoms with Crippen LogP contribution in [0.5, 0.6) is 0 Å². The number of benzene rings is 2. The third-order valence-electron chi connectivity index (χ3n) is 8.37. The lowest BCUT2D eigenvalue weighted by molar-refractivity contribution is -0.157. The summed E-state index contributed by atoms with van der Waals surface area (Å²) < 4.78 is 32.0. The van der Waals surface area contributed by atoms with E-state index in [0.717, 1.165) is 36.2 Å². The van der Waals surface area contributed by atoms with Crippen LogP contribution in [0.4, 0.5) is 16.1 Å². The van der Waals surface area contributed by atoms with Crippen molar-refractivity contribution in [3.05, 3.63) is 53.6 Å². The predicted octanol–water partition coefficient (Wildman–Crippen LogP) is 5.10. The van der Waals surface area contributed by atoms with E-state index in [1.807, 2.05) is 30.3 Å². The Kier molecular flexibility index (Phi) is 7.25. The number of para-hydroxylation sites is 1. The molecule has 1 amide bonds. The van der Waals surface area contributed by atoms with Gasteiger partial charge in [-0.1, -0.05) is 24.3 Å². The van der Waals surface area contributed by atoms with Crippen molar-refractivity contribution in [2.45, 2.75) is 69.9 Å². The van der Waals surface area contributed by atoms with Crippen LogP contribution in [0.3, 0.4) is 0 Å². The average molecular weight is 536 g/mol. The number of nitrogens with zero attached hydrogens (tertiary/aromatic N) is 3. The SMILES string of the molecule is COC(=O)[C@H]1CC[C@H](OC(F)[C@@H]2CCCN2C(=O)Cc2ccc3nc(N4CCc5ccccc54)oc3c2)CC1. The van der Waals surface area contributed by atoms with Gasteiger partial charge in [-0.05, 0) is 74.3 Å². The topological polar surface area (TPSA) is 85.1 Å². The number of anilines is 2. The smallest absolute Gasteiger partial charge is 0.308 e. The van der Waals surface area contributed by atoms with E-state index < -0.39 is 12.4 Å². The zero-order valence-electron chi connectivity index (χ0n) is 22.2. The molecule has 3 heterocycles.